The Bertz CT molecular complexity index is 924. The van der Waals surface area contributed by atoms with Crippen molar-refractivity contribution in [3.63, 3.8) is 0 Å². The molecule has 0 spiro atoms. The third-order valence-corrected chi connectivity index (χ3v) is 4.29. The van der Waals surface area contributed by atoms with Crippen LogP contribution in [0.15, 0.2) is 91.0 Å². The highest BCUT2D eigenvalue weighted by molar-refractivity contribution is 5.94. The van der Waals surface area contributed by atoms with Crippen LogP contribution >= 0.6 is 0 Å². The van der Waals surface area contributed by atoms with Gasteiger partial charge in [0, 0.05) is 24.2 Å². The molecule has 0 radical (unpaired) electrons. The van der Waals surface area contributed by atoms with Gasteiger partial charge in [-0.25, -0.2) is 0 Å². The van der Waals surface area contributed by atoms with E-state index in [1.165, 1.54) is 24.3 Å². The van der Waals surface area contributed by atoms with Gasteiger partial charge in [-0.15, -0.1) is 0 Å². The number of carbonyl (C=O) groups is 1. The molecule has 0 fully saturated rings. The Labute approximate surface area is 163 Å². The SMILES string of the molecule is O=C(NCCC=C(c1ccccc1)c1ccccc1)c1ccc([N+](=O)[O-])cc1. The molecule has 0 heterocycles. The molecule has 140 valence electrons. The van der Waals surface area contributed by atoms with Crippen molar-refractivity contribution < 1.29 is 9.72 Å². The predicted molar refractivity (Wildman–Crippen MR) is 110 cm³/mol. The molecular weight excluding hydrogens is 352 g/mol. The molecule has 0 aliphatic heterocycles. The lowest BCUT2D eigenvalue weighted by Crippen LogP contribution is -2.24. The minimum Gasteiger partial charge on any atom is -0.352 e. The summed E-state index contributed by atoms with van der Waals surface area (Å²) < 4.78 is 0. The van der Waals surface area contributed by atoms with E-state index >= 15 is 0 Å². The second-order valence-electron chi connectivity index (χ2n) is 6.20. The molecule has 28 heavy (non-hydrogen) atoms. The van der Waals surface area contributed by atoms with Gasteiger partial charge in [-0.1, -0.05) is 66.7 Å². The highest BCUT2D eigenvalue weighted by atomic mass is 16.6. The molecule has 0 aliphatic carbocycles. The van der Waals surface area contributed by atoms with E-state index in [9.17, 15) is 14.9 Å². The maximum atomic E-state index is 12.2. The van der Waals surface area contributed by atoms with Crippen molar-refractivity contribution in [1.29, 1.82) is 0 Å². The Hall–Kier alpha value is -3.73. The molecule has 5 nitrogen and oxygen atoms in total. The minimum absolute atomic E-state index is 0.0325. The second kappa shape index (κ2) is 9.28. The van der Waals surface area contributed by atoms with Crippen molar-refractivity contribution in [1.82, 2.24) is 5.32 Å². The smallest absolute Gasteiger partial charge is 0.269 e. The van der Waals surface area contributed by atoms with E-state index in [4.69, 9.17) is 0 Å². The summed E-state index contributed by atoms with van der Waals surface area (Å²) in [6, 6.07) is 25.8. The molecule has 0 saturated heterocycles. The van der Waals surface area contributed by atoms with Gasteiger partial charge in [0.1, 0.15) is 0 Å². The van der Waals surface area contributed by atoms with Crippen LogP contribution in [0.5, 0.6) is 0 Å². The number of rotatable bonds is 7. The standard InChI is InChI=1S/C23H20N2O3/c26-23(20-13-15-21(16-14-20)25(27)28)24-17-7-12-22(18-8-3-1-4-9-18)19-10-5-2-6-11-19/h1-6,8-16H,7,17H2,(H,24,26). The molecule has 0 unspecified atom stereocenters. The molecule has 0 bridgehead atoms. The van der Waals surface area contributed by atoms with Crippen molar-refractivity contribution in [3.05, 3.63) is 118 Å². The first kappa shape index (κ1) is 19.0. The maximum absolute atomic E-state index is 12.2. The van der Waals surface area contributed by atoms with Gasteiger partial charge in [-0.05, 0) is 35.3 Å². The quantitative estimate of drug-likeness (QED) is 0.366. The first-order valence-electron chi connectivity index (χ1n) is 8.99. The number of amides is 1. The van der Waals surface area contributed by atoms with E-state index in [2.05, 4.69) is 35.7 Å². The molecule has 0 aliphatic rings. The Balaban J connectivity index is 1.65. The van der Waals surface area contributed by atoms with Crippen molar-refractivity contribution in [2.24, 2.45) is 0 Å². The summed E-state index contributed by atoms with van der Waals surface area (Å²) in [6.45, 7) is 0.471. The van der Waals surface area contributed by atoms with Crippen LogP contribution in [0.3, 0.4) is 0 Å². The number of nitro groups is 1. The second-order valence-corrected chi connectivity index (χ2v) is 6.20. The van der Waals surface area contributed by atoms with Gasteiger partial charge in [0.2, 0.25) is 0 Å². The topological polar surface area (TPSA) is 72.2 Å². The summed E-state index contributed by atoms with van der Waals surface area (Å²) >= 11 is 0. The van der Waals surface area contributed by atoms with Gasteiger partial charge < -0.3 is 5.32 Å². The van der Waals surface area contributed by atoms with Crippen LogP contribution in [-0.2, 0) is 0 Å². The fraction of sp³-hybridized carbons (Fsp3) is 0.0870. The summed E-state index contributed by atoms with van der Waals surface area (Å²) in [6.07, 6.45) is 2.78. The number of hydrogen-bond donors (Lipinski definition) is 1. The van der Waals surface area contributed by atoms with Crippen LogP contribution in [0.25, 0.3) is 5.57 Å². The summed E-state index contributed by atoms with van der Waals surface area (Å²) in [5.74, 6) is -0.246. The van der Waals surface area contributed by atoms with E-state index in [1.54, 1.807) is 0 Å². The zero-order chi connectivity index (χ0) is 19.8. The minimum atomic E-state index is -0.485. The van der Waals surface area contributed by atoms with Crippen molar-refractivity contribution in [2.45, 2.75) is 6.42 Å². The number of benzene rings is 3. The molecule has 3 aromatic carbocycles. The maximum Gasteiger partial charge on any atom is 0.269 e. The first-order chi connectivity index (χ1) is 13.6. The van der Waals surface area contributed by atoms with E-state index in [1.807, 2.05) is 36.4 Å². The van der Waals surface area contributed by atoms with Crippen LogP contribution in [0.4, 0.5) is 5.69 Å². The Morgan fingerprint density at radius 1 is 0.821 bits per heavy atom. The largest absolute Gasteiger partial charge is 0.352 e. The molecule has 1 amide bonds. The lowest BCUT2D eigenvalue weighted by molar-refractivity contribution is -0.384. The van der Waals surface area contributed by atoms with Crippen LogP contribution in [0.2, 0.25) is 0 Å². The Morgan fingerprint density at radius 3 is 1.86 bits per heavy atom. The molecule has 0 saturated carbocycles. The Morgan fingerprint density at radius 2 is 1.36 bits per heavy atom. The lowest BCUT2D eigenvalue weighted by Gasteiger charge is -2.09. The van der Waals surface area contributed by atoms with Crippen molar-refractivity contribution in [2.75, 3.05) is 6.54 Å². The fourth-order valence-electron chi connectivity index (χ4n) is 2.88. The van der Waals surface area contributed by atoms with Gasteiger partial charge in [-0.3, -0.25) is 14.9 Å². The zero-order valence-electron chi connectivity index (χ0n) is 15.2. The summed E-state index contributed by atoms with van der Waals surface area (Å²) in [7, 11) is 0. The number of nitrogens with zero attached hydrogens (tertiary/aromatic N) is 1. The number of nitro benzene ring substituents is 1. The molecular formula is C23H20N2O3. The van der Waals surface area contributed by atoms with Crippen LogP contribution in [0, 0.1) is 10.1 Å². The molecule has 1 N–H and O–H groups in total. The van der Waals surface area contributed by atoms with Crippen molar-refractivity contribution in [3.8, 4) is 0 Å². The van der Waals surface area contributed by atoms with Crippen LogP contribution < -0.4 is 5.32 Å². The zero-order valence-corrected chi connectivity index (χ0v) is 15.2. The van der Waals surface area contributed by atoms with Crippen LogP contribution in [0.1, 0.15) is 27.9 Å². The van der Waals surface area contributed by atoms with Gasteiger partial charge >= 0.3 is 0 Å². The average Bonchev–Trinajstić information content (AvgIpc) is 2.75. The van der Waals surface area contributed by atoms with Crippen LogP contribution in [-0.4, -0.2) is 17.4 Å². The van der Waals surface area contributed by atoms with E-state index in [0.717, 1.165) is 16.7 Å². The monoisotopic (exact) mass is 372 g/mol. The molecule has 3 aromatic rings. The molecule has 3 rings (SSSR count). The van der Waals surface area contributed by atoms with Gasteiger partial charge in [0.25, 0.3) is 11.6 Å². The number of hydrogen-bond acceptors (Lipinski definition) is 3. The van der Waals surface area contributed by atoms with E-state index < -0.39 is 4.92 Å². The molecule has 0 atom stereocenters. The first-order valence-corrected chi connectivity index (χ1v) is 8.99. The summed E-state index contributed by atoms with van der Waals surface area (Å²) in [4.78, 5) is 22.4. The molecule has 0 aromatic heterocycles. The normalized spacial score (nSPS) is 10.1. The number of non-ortho nitro benzene ring substituents is 1. The van der Waals surface area contributed by atoms with Gasteiger partial charge in [0.05, 0.1) is 4.92 Å². The highest BCUT2D eigenvalue weighted by Crippen LogP contribution is 2.23. The lowest BCUT2D eigenvalue weighted by atomic mass is 9.97. The average molecular weight is 372 g/mol. The fourth-order valence-corrected chi connectivity index (χ4v) is 2.88. The third kappa shape index (κ3) is 4.92. The number of carbonyl (C=O) groups excluding carboxylic acids is 1. The van der Waals surface area contributed by atoms with Gasteiger partial charge in [0.15, 0.2) is 0 Å². The predicted octanol–water partition coefficient (Wildman–Crippen LogP) is 4.85. The van der Waals surface area contributed by atoms with Crippen molar-refractivity contribution >= 4 is 17.2 Å². The molecule has 5 heteroatoms. The van der Waals surface area contributed by atoms with E-state index in [0.29, 0.717) is 18.5 Å². The summed E-state index contributed by atoms with van der Waals surface area (Å²) in [5.41, 5.74) is 3.73. The van der Waals surface area contributed by atoms with E-state index in [-0.39, 0.29) is 11.6 Å². The highest BCUT2D eigenvalue weighted by Gasteiger charge is 2.09. The number of nitrogens with one attached hydrogen (secondary N) is 1. The summed E-state index contributed by atoms with van der Waals surface area (Å²) in [5, 5.41) is 13.5. The Kier molecular flexibility index (Phi) is 6.31. The third-order valence-electron chi connectivity index (χ3n) is 4.29. The van der Waals surface area contributed by atoms with Gasteiger partial charge in [-0.2, -0.15) is 0 Å².